The summed E-state index contributed by atoms with van der Waals surface area (Å²) >= 11 is 0. The van der Waals surface area contributed by atoms with Crippen molar-refractivity contribution >= 4 is 17.6 Å². The monoisotopic (exact) mass is 458 g/mol. The lowest BCUT2D eigenvalue weighted by Gasteiger charge is -2.15. The summed E-state index contributed by atoms with van der Waals surface area (Å²) in [7, 11) is 1.28. The van der Waals surface area contributed by atoms with Gasteiger partial charge in [0.1, 0.15) is 18.1 Å². The van der Waals surface area contributed by atoms with Crippen LogP contribution in [0.25, 0.3) is 11.1 Å². The number of nitrogens with zero attached hydrogens (tertiary/aromatic N) is 1. The quantitative estimate of drug-likeness (QED) is 0.477. The van der Waals surface area contributed by atoms with E-state index in [1.165, 1.54) is 12.0 Å². The lowest BCUT2D eigenvalue weighted by molar-refractivity contribution is -0.136. The Hall–Kier alpha value is -4.10. The molecule has 0 fully saturated rings. The maximum Gasteiger partial charge on any atom is 0.337 e. The van der Waals surface area contributed by atoms with Gasteiger partial charge in [0.25, 0.3) is 5.91 Å². The molecule has 1 amide bonds. The van der Waals surface area contributed by atoms with Crippen LogP contribution in [0.5, 0.6) is 5.75 Å². The Morgan fingerprint density at radius 2 is 1.62 bits per heavy atom. The highest BCUT2D eigenvalue weighted by molar-refractivity contribution is 6.08. The summed E-state index contributed by atoms with van der Waals surface area (Å²) in [6, 6.07) is 25.4. The number of esters is 1. The zero-order valence-electron chi connectivity index (χ0n) is 18.9. The third kappa shape index (κ3) is 5.27. The molecule has 4 rings (SSSR count). The third-order valence-electron chi connectivity index (χ3n) is 5.54. The Balaban J connectivity index is 1.43. The molecular weight excluding hydrogens is 432 g/mol. The molecule has 0 atom stereocenters. The van der Waals surface area contributed by atoms with Crippen LogP contribution in [0.4, 0.5) is 5.69 Å². The molecule has 0 spiro atoms. The number of aliphatic hydroxyl groups is 1. The number of methoxy groups -OCH3 is 1. The van der Waals surface area contributed by atoms with Gasteiger partial charge in [-0.2, -0.15) is 0 Å². The Morgan fingerprint density at radius 1 is 0.971 bits per heavy atom. The van der Waals surface area contributed by atoms with Gasteiger partial charge in [-0.15, -0.1) is 0 Å². The summed E-state index contributed by atoms with van der Waals surface area (Å²) in [4.78, 5) is 26.2. The van der Waals surface area contributed by atoms with Crippen molar-refractivity contribution in [2.24, 2.45) is 0 Å². The van der Waals surface area contributed by atoms with E-state index in [-0.39, 0.29) is 36.9 Å². The Kier molecular flexibility index (Phi) is 7.25. The first-order chi connectivity index (χ1) is 16.6. The molecule has 0 saturated heterocycles. The first-order valence-corrected chi connectivity index (χ1v) is 10.9. The maximum atomic E-state index is 12.7. The molecule has 0 unspecified atom stereocenters. The summed E-state index contributed by atoms with van der Waals surface area (Å²) in [5.74, 6) is -0.118. The van der Waals surface area contributed by atoms with E-state index < -0.39 is 5.97 Å². The van der Waals surface area contributed by atoms with E-state index in [2.05, 4.69) is 5.32 Å². The molecule has 3 aromatic rings. The van der Waals surface area contributed by atoms with Gasteiger partial charge in [0.05, 0.1) is 25.8 Å². The molecular formula is C27H26N2O5. The van der Waals surface area contributed by atoms with Gasteiger partial charge < -0.3 is 24.8 Å². The number of aliphatic hydroxyl groups excluding tert-OH is 1. The molecule has 1 aliphatic heterocycles. The van der Waals surface area contributed by atoms with Crippen LogP contribution in [0, 0.1) is 0 Å². The zero-order valence-corrected chi connectivity index (χ0v) is 18.9. The van der Waals surface area contributed by atoms with Crippen molar-refractivity contribution in [3.63, 3.8) is 0 Å². The largest absolute Gasteiger partial charge is 0.489 e. The topological polar surface area (TPSA) is 88.1 Å². The van der Waals surface area contributed by atoms with Crippen molar-refractivity contribution in [3.05, 3.63) is 95.7 Å². The van der Waals surface area contributed by atoms with E-state index in [0.29, 0.717) is 12.3 Å². The number of anilines is 1. The number of amides is 1. The van der Waals surface area contributed by atoms with Crippen LogP contribution in [0.1, 0.15) is 5.56 Å². The number of benzene rings is 3. The fourth-order valence-corrected chi connectivity index (χ4v) is 3.72. The van der Waals surface area contributed by atoms with Crippen LogP contribution in [-0.2, 0) is 20.9 Å². The van der Waals surface area contributed by atoms with Crippen LogP contribution in [0.2, 0.25) is 0 Å². The van der Waals surface area contributed by atoms with Gasteiger partial charge in [0.2, 0.25) is 0 Å². The van der Waals surface area contributed by atoms with E-state index >= 15 is 0 Å². The van der Waals surface area contributed by atoms with E-state index in [1.807, 2.05) is 78.9 Å². The average Bonchev–Trinajstić information content (AvgIpc) is 3.19. The van der Waals surface area contributed by atoms with Crippen LogP contribution in [-0.4, -0.2) is 48.7 Å². The SMILES string of the molecule is COC(=O)C1=C(Nc2ccc(-c3ccc(OCc4ccccc4)cc3)cc2)C(=O)N(CCO)C1. The highest BCUT2D eigenvalue weighted by atomic mass is 16.5. The minimum atomic E-state index is -0.567. The summed E-state index contributed by atoms with van der Waals surface area (Å²) in [5, 5.41) is 12.2. The number of carbonyl (C=O) groups excluding carboxylic acids is 2. The van der Waals surface area contributed by atoms with Crippen molar-refractivity contribution in [2.45, 2.75) is 6.61 Å². The first-order valence-electron chi connectivity index (χ1n) is 10.9. The Morgan fingerprint density at radius 3 is 2.24 bits per heavy atom. The Bertz CT molecular complexity index is 1170. The van der Waals surface area contributed by atoms with E-state index in [0.717, 1.165) is 22.4 Å². The van der Waals surface area contributed by atoms with Crippen LogP contribution < -0.4 is 10.1 Å². The highest BCUT2D eigenvalue weighted by Gasteiger charge is 2.34. The van der Waals surface area contributed by atoms with Gasteiger partial charge >= 0.3 is 5.97 Å². The van der Waals surface area contributed by atoms with Crippen LogP contribution in [0.15, 0.2) is 90.1 Å². The molecule has 7 heteroatoms. The number of ether oxygens (including phenoxy) is 2. The Labute approximate surface area is 198 Å². The lowest BCUT2D eigenvalue weighted by Crippen LogP contribution is -2.31. The minimum Gasteiger partial charge on any atom is -0.489 e. The number of nitrogens with one attached hydrogen (secondary N) is 1. The van der Waals surface area contributed by atoms with Gasteiger partial charge in [0, 0.05) is 12.2 Å². The molecule has 0 aliphatic carbocycles. The van der Waals surface area contributed by atoms with Crippen molar-refractivity contribution in [3.8, 4) is 16.9 Å². The molecule has 3 aromatic carbocycles. The van der Waals surface area contributed by atoms with E-state index in [4.69, 9.17) is 9.47 Å². The molecule has 174 valence electrons. The summed E-state index contributed by atoms with van der Waals surface area (Å²) in [5.41, 5.74) is 4.23. The fraction of sp³-hybridized carbons (Fsp3) is 0.185. The molecule has 0 radical (unpaired) electrons. The number of hydrogen-bond acceptors (Lipinski definition) is 6. The van der Waals surface area contributed by atoms with Gasteiger partial charge in [-0.1, -0.05) is 54.6 Å². The van der Waals surface area contributed by atoms with Gasteiger partial charge in [-0.05, 0) is 41.0 Å². The molecule has 0 bridgehead atoms. The molecule has 0 aromatic heterocycles. The van der Waals surface area contributed by atoms with Crippen molar-refractivity contribution in [1.82, 2.24) is 4.90 Å². The maximum absolute atomic E-state index is 12.7. The van der Waals surface area contributed by atoms with E-state index in [1.54, 1.807) is 0 Å². The third-order valence-corrected chi connectivity index (χ3v) is 5.54. The lowest BCUT2D eigenvalue weighted by atomic mass is 10.1. The number of carbonyl (C=O) groups is 2. The standard InChI is InChI=1S/C27H26N2O5/c1-33-27(32)24-17-29(15-16-30)26(31)25(24)28-22-11-7-20(8-12-22)21-9-13-23(14-10-21)34-18-19-5-3-2-4-6-19/h2-14,28,30H,15-18H2,1H3. The second-order valence-corrected chi connectivity index (χ2v) is 7.80. The molecule has 1 heterocycles. The smallest absolute Gasteiger partial charge is 0.337 e. The van der Waals surface area contributed by atoms with Crippen molar-refractivity contribution in [1.29, 1.82) is 0 Å². The van der Waals surface area contributed by atoms with Crippen LogP contribution in [0.3, 0.4) is 0 Å². The fourth-order valence-electron chi connectivity index (χ4n) is 3.72. The predicted octanol–water partition coefficient (Wildman–Crippen LogP) is 3.61. The zero-order chi connectivity index (χ0) is 23.9. The molecule has 0 saturated carbocycles. The molecule has 7 nitrogen and oxygen atoms in total. The normalized spacial score (nSPS) is 13.2. The predicted molar refractivity (Wildman–Crippen MR) is 129 cm³/mol. The second-order valence-electron chi connectivity index (χ2n) is 7.80. The summed E-state index contributed by atoms with van der Waals surface area (Å²) in [6.45, 7) is 0.580. The van der Waals surface area contributed by atoms with Gasteiger partial charge in [-0.25, -0.2) is 4.79 Å². The van der Waals surface area contributed by atoms with E-state index in [9.17, 15) is 14.7 Å². The van der Waals surface area contributed by atoms with Crippen molar-refractivity contribution in [2.75, 3.05) is 32.1 Å². The summed E-state index contributed by atoms with van der Waals surface area (Å²) < 4.78 is 10.7. The number of hydrogen-bond donors (Lipinski definition) is 2. The van der Waals surface area contributed by atoms with Gasteiger partial charge in [0.15, 0.2) is 0 Å². The second kappa shape index (κ2) is 10.7. The molecule has 2 N–H and O–H groups in total. The first kappa shape index (κ1) is 23.1. The van der Waals surface area contributed by atoms with Crippen molar-refractivity contribution < 1.29 is 24.2 Å². The van der Waals surface area contributed by atoms with Crippen LogP contribution >= 0.6 is 0 Å². The van der Waals surface area contributed by atoms with Gasteiger partial charge in [-0.3, -0.25) is 4.79 Å². The average molecular weight is 459 g/mol. The summed E-state index contributed by atoms with van der Waals surface area (Å²) in [6.07, 6.45) is 0. The minimum absolute atomic E-state index is 0.102. The highest BCUT2D eigenvalue weighted by Crippen LogP contribution is 2.27. The molecule has 1 aliphatic rings. The number of rotatable bonds is 9. The number of β-amino-alcohol motifs (C(OH)–C–C–N with tert-alkyl or cyclic N) is 1. The molecule has 34 heavy (non-hydrogen) atoms.